The number of nitrogens with zero attached hydrogens (tertiary/aromatic N) is 3. The maximum absolute atomic E-state index is 13.5. The molecule has 0 bridgehead atoms. The minimum absolute atomic E-state index is 0.0914. The van der Waals surface area contributed by atoms with Gasteiger partial charge in [0, 0.05) is 12.1 Å². The Morgan fingerprint density at radius 2 is 2.18 bits per heavy atom. The van der Waals surface area contributed by atoms with Gasteiger partial charge in [0.2, 0.25) is 11.8 Å². The van der Waals surface area contributed by atoms with Crippen molar-refractivity contribution in [2.24, 2.45) is 0 Å². The largest absolute Gasteiger partial charge is 0.708 e. The highest BCUT2D eigenvalue weighted by molar-refractivity contribution is 6.33. The Balaban J connectivity index is 2.56. The van der Waals surface area contributed by atoms with E-state index in [2.05, 4.69) is 14.6 Å². The summed E-state index contributed by atoms with van der Waals surface area (Å²) in [6.07, 6.45) is 1.50. The van der Waals surface area contributed by atoms with Crippen molar-refractivity contribution in [3.63, 3.8) is 0 Å². The van der Waals surface area contributed by atoms with E-state index in [-0.39, 0.29) is 17.4 Å². The normalized spacial score (nSPS) is 11.2. The van der Waals surface area contributed by atoms with Gasteiger partial charge in [0.25, 0.3) is 0 Å². The van der Waals surface area contributed by atoms with Gasteiger partial charge in [0.05, 0.1) is 11.8 Å². The van der Waals surface area contributed by atoms with E-state index in [0.29, 0.717) is 5.52 Å². The lowest BCUT2D eigenvalue weighted by atomic mass is 10.2. The predicted molar refractivity (Wildman–Crippen MR) is 58.7 cm³/mol. The third kappa shape index (κ3) is 2.22. The third-order valence-corrected chi connectivity index (χ3v) is 2.28. The van der Waals surface area contributed by atoms with Crippen LogP contribution in [0.3, 0.4) is 0 Å². The fraction of sp³-hybridized carbons (Fsp3) is 0.333. The molecule has 2 aromatic heterocycles. The molecule has 0 saturated heterocycles. The molecule has 0 aliphatic rings. The molecule has 90 valence electrons. The lowest BCUT2D eigenvalue weighted by Crippen LogP contribution is -2.21. The van der Waals surface area contributed by atoms with E-state index in [0.717, 1.165) is 0 Å². The molecule has 0 atom stereocenters. The number of imidazole rings is 1. The first kappa shape index (κ1) is 11.8. The van der Waals surface area contributed by atoms with Crippen molar-refractivity contribution in [1.29, 1.82) is 0 Å². The molecule has 6 nitrogen and oxygen atoms in total. The molecule has 17 heavy (non-hydrogen) atoms. The quantitative estimate of drug-likeness (QED) is 0.602. The van der Waals surface area contributed by atoms with E-state index in [4.69, 9.17) is 10.0 Å². The van der Waals surface area contributed by atoms with Gasteiger partial charge in [-0.15, -0.1) is 0 Å². The molecule has 2 rings (SSSR count). The lowest BCUT2D eigenvalue weighted by Gasteiger charge is -2.09. The molecule has 0 saturated carbocycles. The zero-order valence-corrected chi connectivity index (χ0v) is 9.33. The van der Waals surface area contributed by atoms with Crippen LogP contribution in [-0.4, -0.2) is 31.9 Å². The van der Waals surface area contributed by atoms with Crippen LogP contribution < -0.4 is 4.65 Å². The van der Waals surface area contributed by atoms with E-state index in [9.17, 15) is 4.39 Å². The van der Waals surface area contributed by atoms with Crippen LogP contribution >= 0.6 is 0 Å². The number of hydrogen-bond donors (Lipinski definition) is 2. The molecule has 2 heterocycles. The Labute approximate surface area is 96.9 Å². The predicted octanol–water partition coefficient (Wildman–Crippen LogP) is 0.500. The third-order valence-electron chi connectivity index (χ3n) is 2.28. The number of halogens is 1. The summed E-state index contributed by atoms with van der Waals surface area (Å²) in [5.74, 6) is -1.01. The molecule has 8 heteroatoms. The molecule has 0 aliphatic heterocycles. The van der Waals surface area contributed by atoms with E-state index >= 15 is 0 Å². The monoisotopic (exact) mass is 239 g/mol. The maximum Gasteiger partial charge on any atom is 0.708 e. The number of hydrogen-bond acceptors (Lipinski definition) is 5. The summed E-state index contributed by atoms with van der Waals surface area (Å²) in [6.45, 7) is 3.84. The van der Waals surface area contributed by atoms with E-state index in [1.165, 1.54) is 12.4 Å². The van der Waals surface area contributed by atoms with Gasteiger partial charge in [-0.05, 0) is 13.8 Å². The van der Waals surface area contributed by atoms with Crippen LogP contribution in [-0.2, 0) is 0 Å². The lowest BCUT2D eigenvalue weighted by molar-refractivity contribution is 0.282. The molecule has 0 aliphatic carbocycles. The van der Waals surface area contributed by atoms with Crippen LogP contribution in [0, 0.1) is 5.95 Å². The van der Waals surface area contributed by atoms with Crippen LogP contribution in [0.25, 0.3) is 11.0 Å². The summed E-state index contributed by atoms with van der Waals surface area (Å²) < 4.78 is 19.8. The van der Waals surface area contributed by atoms with E-state index in [1.807, 2.05) is 13.8 Å². The molecule has 0 amide bonds. The molecule has 0 unspecified atom stereocenters. The Morgan fingerprint density at radius 3 is 2.76 bits per heavy atom. The van der Waals surface area contributed by atoms with Crippen molar-refractivity contribution in [3.8, 4) is 5.88 Å². The first-order chi connectivity index (χ1) is 7.99. The number of fused-ring (bicyclic) bond motifs is 1. The highest BCUT2D eigenvalue weighted by Crippen LogP contribution is 2.23. The molecule has 2 N–H and O–H groups in total. The van der Waals surface area contributed by atoms with Crippen molar-refractivity contribution in [1.82, 2.24) is 14.5 Å². The van der Waals surface area contributed by atoms with Gasteiger partial charge in [-0.25, -0.2) is 4.98 Å². The van der Waals surface area contributed by atoms with Crippen molar-refractivity contribution in [2.75, 3.05) is 0 Å². The van der Waals surface area contributed by atoms with E-state index < -0.39 is 13.3 Å². The van der Waals surface area contributed by atoms with Gasteiger partial charge in [-0.3, -0.25) is 0 Å². The van der Waals surface area contributed by atoms with Crippen LogP contribution in [0.4, 0.5) is 4.39 Å². The fourth-order valence-electron chi connectivity index (χ4n) is 1.55. The minimum Gasteiger partial charge on any atom is -0.497 e. The van der Waals surface area contributed by atoms with Gasteiger partial charge in [-0.2, -0.15) is 9.37 Å². The molecular formula is C9H11BFN3O3. The zero-order valence-electron chi connectivity index (χ0n) is 9.33. The van der Waals surface area contributed by atoms with Crippen molar-refractivity contribution in [3.05, 3.63) is 18.3 Å². The second-order valence-corrected chi connectivity index (χ2v) is 3.81. The molecule has 0 radical (unpaired) electrons. The highest BCUT2D eigenvalue weighted by Gasteiger charge is 2.17. The maximum atomic E-state index is 13.5. The molecule has 0 aromatic carbocycles. The summed E-state index contributed by atoms with van der Waals surface area (Å²) >= 11 is 0. The SMILES string of the molecule is CC(C)n1cnc2c(F)nc(OB(O)O)cc21. The Bertz CT molecular complexity index is 544. The number of pyridine rings is 1. The molecule has 0 spiro atoms. The van der Waals surface area contributed by atoms with Crippen LogP contribution in [0.1, 0.15) is 19.9 Å². The highest BCUT2D eigenvalue weighted by atomic mass is 19.1. The Hall–Kier alpha value is -1.67. The van der Waals surface area contributed by atoms with Gasteiger partial charge in [-0.1, -0.05) is 0 Å². The smallest absolute Gasteiger partial charge is 0.497 e. The average molecular weight is 239 g/mol. The van der Waals surface area contributed by atoms with Gasteiger partial charge >= 0.3 is 7.32 Å². The van der Waals surface area contributed by atoms with Crippen molar-refractivity contribution in [2.45, 2.75) is 19.9 Å². The molecule has 0 fully saturated rings. The topological polar surface area (TPSA) is 80.4 Å². The van der Waals surface area contributed by atoms with Gasteiger partial charge < -0.3 is 19.3 Å². The fourth-order valence-corrected chi connectivity index (χ4v) is 1.55. The first-order valence-corrected chi connectivity index (χ1v) is 5.05. The van der Waals surface area contributed by atoms with Crippen LogP contribution in [0.15, 0.2) is 12.4 Å². The summed E-state index contributed by atoms with van der Waals surface area (Å²) in [7, 11) is -2.03. The summed E-state index contributed by atoms with van der Waals surface area (Å²) in [4.78, 5) is 7.33. The van der Waals surface area contributed by atoms with Gasteiger partial charge in [0.1, 0.15) is 5.52 Å². The second-order valence-electron chi connectivity index (χ2n) is 3.81. The first-order valence-electron chi connectivity index (χ1n) is 5.05. The summed E-state index contributed by atoms with van der Waals surface area (Å²) in [5, 5.41) is 17.3. The average Bonchev–Trinajstić information content (AvgIpc) is 2.60. The van der Waals surface area contributed by atoms with Gasteiger partial charge in [0.15, 0.2) is 0 Å². The Morgan fingerprint density at radius 1 is 1.47 bits per heavy atom. The summed E-state index contributed by atoms with van der Waals surface area (Å²) in [5.41, 5.74) is 0.613. The Kier molecular flexibility index (Phi) is 2.99. The van der Waals surface area contributed by atoms with Crippen LogP contribution in [0.5, 0.6) is 5.88 Å². The standard InChI is InChI=1S/C9H11BFN3O3/c1-5(2)14-4-12-8-6(14)3-7(13-9(8)11)17-10(15)16/h3-5,15-16H,1-2H3. The van der Waals surface area contributed by atoms with E-state index in [1.54, 1.807) is 4.57 Å². The van der Waals surface area contributed by atoms with Crippen molar-refractivity contribution >= 4 is 18.4 Å². The second kappa shape index (κ2) is 4.30. The zero-order chi connectivity index (χ0) is 12.6. The number of aromatic nitrogens is 3. The number of rotatable bonds is 3. The van der Waals surface area contributed by atoms with Crippen molar-refractivity contribution < 1.29 is 19.1 Å². The molecular weight excluding hydrogens is 228 g/mol. The van der Waals surface area contributed by atoms with Crippen LogP contribution in [0.2, 0.25) is 0 Å². The minimum atomic E-state index is -2.03. The summed E-state index contributed by atoms with van der Waals surface area (Å²) in [6, 6.07) is 1.50. The molecule has 2 aromatic rings.